The van der Waals surface area contributed by atoms with Crippen molar-refractivity contribution in [1.82, 2.24) is 9.80 Å². The van der Waals surface area contributed by atoms with E-state index in [1.54, 1.807) is 4.90 Å². The quantitative estimate of drug-likeness (QED) is 0.646. The van der Waals surface area contributed by atoms with Gasteiger partial charge in [0.25, 0.3) is 5.91 Å². The van der Waals surface area contributed by atoms with Crippen LogP contribution < -0.4 is 0 Å². The molecule has 0 N–H and O–H groups in total. The van der Waals surface area contributed by atoms with Crippen molar-refractivity contribution in [2.75, 3.05) is 26.2 Å². The molecule has 8 heteroatoms. The topological polar surface area (TPSA) is 40.6 Å². The molecule has 0 radical (unpaired) electrons. The number of hydrogen-bond donors (Lipinski definition) is 0. The molecule has 0 aromatic heterocycles. The highest BCUT2D eigenvalue weighted by molar-refractivity contribution is 9.10. The van der Waals surface area contributed by atoms with Gasteiger partial charge in [-0.05, 0) is 48.2 Å². The Labute approximate surface area is 180 Å². The smallest absolute Gasteiger partial charge is 0.339 e. The van der Waals surface area contributed by atoms with E-state index < -0.39 is 17.6 Å². The number of hydrogen-bond acceptors (Lipinski definition) is 2. The van der Waals surface area contributed by atoms with E-state index in [0.29, 0.717) is 26.2 Å². The van der Waals surface area contributed by atoms with Gasteiger partial charge >= 0.3 is 6.18 Å². The molecule has 1 aliphatic carbocycles. The van der Waals surface area contributed by atoms with E-state index >= 15 is 0 Å². The second-order valence-corrected chi connectivity index (χ2v) is 8.62. The Morgan fingerprint density at radius 3 is 2.27 bits per heavy atom. The molecular formula is C22H20BrF3N2O2. The van der Waals surface area contributed by atoms with E-state index in [2.05, 4.69) is 15.9 Å². The number of carbonyl (C=O) groups excluding carboxylic acids is 2. The minimum atomic E-state index is -4.49. The number of amides is 2. The summed E-state index contributed by atoms with van der Waals surface area (Å²) in [5.41, 5.74) is 0.317. The summed E-state index contributed by atoms with van der Waals surface area (Å²) >= 11 is 3.45. The molecule has 0 bridgehead atoms. The van der Waals surface area contributed by atoms with Gasteiger partial charge in [-0.15, -0.1) is 0 Å². The first-order chi connectivity index (χ1) is 14.2. The van der Waals surface area contributed by atoms with Crippen molar-refractivity contribution in [2.45, 2.75) is 18.5 Å². The van der Waals surface area contributed by atoms with Crippen LogP contribution in [0.1, 0.15) is 33.8 Å². The van der Waals surface area contributed by atoms with Gasteiger partial charge in [-0.25, -0.2) is 0 Å². The molecule has 1 saturated carbocycles. The average Bonchev–Trinajstić information content (AvgIpc) is 3.53. The predicted molar refractivity (Wildman–Crippen MR) is 109 cm³/mol. The Morgan fingerprint density at radius 1 is 0.933 bits per heavy atom. The molecule has 4 rings (SSSR count). The minimum absolute atomic E-state index is 0.0153. The van der Waals surface area contributed by atoms with E-state index in [4.69, 9.17) is 0 Å². The predicted octanol–water partition coefficient (Wildman–Crippen LogP) is 4.56. The zero-order valence-electron chi connectivity index (χ0n) is 16.0. The third-order valence-corrected chi connectivity index (χ3v) is 6.19. The fourth-order valence-electron chi connectivity index (χ4n) is 3.95. The third-order valence-electron chi connectivity index (χ3n) is 5.70. The fourth-order valence-corrected chi connectivity index (χ4v) is 4.37. The van der Waals surface area contributed by atoms with Crippen molar-refractivity contribution in [2.24, 2.45) is 5.92 Å². The Bertz CT molecular complexity index is 971. The second kappa shape index (κ2) is 8.06. The van der Waals surface area contributed by atoms with Crippen molar-refractivity contribution in [3.05, 3.63) is 69.7 Å². The van der Waals surface area contributed by atoms with Crippen LogP contribution in [-0.4, -0.2) is 47.8 Å². The molecule has 2 amide bonds. The molecule has 1 aliphatic heterocycles. The largest absolute Gasteiger partial charge is 0.416 e. The molecule has 2 aromatic rings. The van der Waals surface area contributed by atoms with E-state index in [0.717, 1.165) is 28.6 Å². The summed E-state index contributed by atoms with van der Waals surface area (Å²) in [5.74, 6) is -0.164. The highest BCUT2D eigenvalue weighted by atomic mass is 79.9. The molecule has 4 nitrogen and oxygen atoms in total. The van der Waals surface area contributed by atoms with Crippen molar-refractivity contribution in [3.63, 3.8) is 0 Å². The van der Waals surface area contributed by atoms with Gasteiger partial charge in [0.2, 0.25) is 5.91 Å². The minimum Gasteiger partial charge on any atom is -0.339 e. The van der Waals surface area contributed by atoms with Crippen LogP contribution in [0.3, 0.4) is 0 Å². The average molecular weight is 481 g/mol. The van der Waals surface area contributed by atoms with Gasteiger partial charge in [0.15, 0.2) is 0 Å². The molecule has 158 valence electrons. The maximum atomic E-state index is 12.9. The van der Waals surface area contributed by atoms with E-state index in [1.165, 1.54) is 17.0 Å². The van der Waals surface area contributed by atoms with E-state index in [9.17, 15) is 22.8 Å². The van der Waals surface area contributed by atoms with Crippen molar-refractivity contribution in [1.29, 1.82) is 0 Å². The van der Waals surface area contributed by atoms with Crippen LogP contribution >= 0.6 is 15.9 Å². The first-order valence-electron chi connectivity index (χ1n) is 9.75. The lowest BCUT2D eigenvalue weighted by Gasteiger charge is -2.35. The van der Waals surface area contributed by atoms with Gasteiger partial charge in [-0.2, -0.15) is 13.2 Å². The molecule has 30 heavy (non-hydrogen) atoms. The lowest BCUT2D eigenvalue weighted by Crippen LogP contribution is -2.51. The lowest BCUT2D eigenvalue weighted by molar-refractivity contribution is -0.137. The van der Waals surface area contributed by atoms with Crippen molar-refractivity contribution < 1.29 is 22.8 Å². The molecule has 2 unspecified atom stereocenters. The standard InChI is InChI=1S/C22H20BrF3N2O2/c23-17-6-2-3-14(12-17)18-13-19(18)21(30)28-9-7-27(8-10-28)20(29)15-4-1-5-16(11-15)22(24,25)26/h1-6,11-12,18-19H,7-10,13H2. The van der Waals surface area contributed by atoms with Crippen LogP contribution in [-0.2, 0) is 11.0 Å². The summed E-state index contributed by atoms with van der Waals surface area (Å²) in [6, 6.07) is 12.4. The summed E-state index contributed by atoms with van der Waals surface area (Å²) in [6.07, 6.45) is -3.67. The number of halogens is 4. The van der Waals surface area contributed by atoms with Crippen LogP contribution in [0, 0.1) is 5.92 Å². The van der Waals surface area contributed by atoms with Gasteiger partial charge < -0.3 is 9.80 Å². The third kappa shape index (κ3) is 4.38. The molecular weight excluding hydrogens is 461 g/mol. The Hall–Kier alpha value is -2.35. The van der Waals surface area contributed by atoms with Crippen molar-refractivity contribution >= 4 is 27.7 Å². The molecule has 2 atom stereocenters. The maximum Gasteiger partial charge on any atom is 0.416 e. The van der Waals surface area contributed by atoms with Crippen LogP contribution in [0.4, 0.5) is 13.2 Å². The first-order valence-corrected chi connectivity index (χ1v) is 10.5. The summed E-state index contributed by atoms with van der Waals surface area (Å²) in [6.45, 7) is 1.42. The van der Waals surface area contributed by atoms with Gasteiger partial charge in [0.05, 0.1) is 5.56 Å². The molecule has 2 aliphatic rings. The zero-order valence-corrected chi connectivity index (χ0v) is 17.6. The molecule has 0 spiro atoms. The number of rotatable bonds is 3. The van der Waals surface area contributed by atoms with E-state index in [1.807, 2.05) is 24.3 Å². The Kier molecular flexibility index (Phi) is 5.61. The van der Waals surface area contributed by atoms with E-state index in [-0.39, 0.29) is 23.3 Å². The Morgan fingerprint density at radius 2 is 1.60 bits per heavy atom. The van der Waals surface area contributed by atoms with Crippen LogP contribution in [0.15, 0.2) is 53.0 Å². The van der Waals surface area contributed by atoms with Crippen LogP contribution in [0.25, 0.3) is 0 Å². The normalized spacial score (nSPS) is 21.5. The number of benzene rings is 2. The lowest BCUT2D eigenvalue weighted by atomic mass is 10.1. The number of piperazine rings is 1. The van der Waals surface area contributed by atoms with Crippen LogP contribution in [0.2, 0.25) is 0 Å². The SMILES string of the molecule is O=C(c1cccc(C(F)(F)F)c1)N1CCN(C(=O)C2CC2c2cccc(Br)c2)CC1. The first kappa shape index (κ1) is 20.9. The summed E-state index contributed by atoms with van der Waals surface area (Å²) < 4.78 is 39.7. The van der Waals surface area contributed by atoms with Gasteiger partial charge in [-0.1, -0.05) is 34.1 Å². The van der Waals surface area contributed by atoms with Crippen LogP contribution in [0.5, 0.6) is 0 Å². The summed E-state index contributed by atoms with van der Waals surface area (Å²) in [7, 11) is 0. The fraction of sp³-hybridized carbons (Fsp3) is 0.364. The van der Waals surface area contributed by atoms with Crippen molar-refractivity contribution in [3.8, 4) is 0 Å². The van der Waals surface area contributed by atoms with Gasteiger partial charge in [-0.3, -0.25) is 9.59 Å². The number of alkyl halides is 3. The number of nitrogens with zero attached hydrogens (tertiary/aromatic N) is 2. The summed E-state index contributed by atoms with van der Waals surface area (Å²) in [4.78, 5) is 28.7. The highest BCUT2D eigenvalue weighted by Crippen LogP contribution is 2.49. The molecule has 2 aromatic carbocycles. The van der Waals surface area contributed by atoms with Gasteiger partial charge in [0.1, 0.15) is 0 Å². The Balaban J connectivity index is 1.34. The maximum absolute atomic E-state index is 12.9. The zero-order chi connectivity index (χ0) is 21.5. The second-order valence-electron chi connectivity index (χ2n) is 7.70. The molecule has 1 saturated heterocycles. The summed E-state index contributed by atoms with van der Waals surface area (Å²) in [5, 5.41) is 0. The number of carbonyl (C=O) groups is 2. The highest BCUT2D eigenvalue weighted by Gasteiger charge is 2.46. The molecule has 2 fully saturated rings. The monoisotopic (exact) mass is 480 g/mol. The van der Waals surface area contributed by atoms with Gasteiger partial charge in [0, 0.05) is 42.1 Å². The molecule has 1 heterocycles.